The highest BCUT2D eigenvalue weighted by Crippen LogP contribution is 2.34. The van der Waals surface area contributed by atoms with Gasteiger partial charge in [-0.05, 0) is 49.6 Å². The van der Waals surface area contributed by atoms with Gasteiger partial charge >= 0.3 is 0 Å². The average molecular weight is 392 g/mol. The van der Waals surface area contributed by atoms with Crippen LogP contribution in [0.1, 0.15) is 33.3 Å². The molecule has 0 bridgehead atoms. The van der Waals surface area contributed by atoms with Crippen LogP contribution in [0.5, 0.6) is 5.75 Å². The number of anilines is 1. The predicted molar refractivity (Wildman–Crippen MR) is 116 cm³/mol. The third-order valence-electron chi connectivity index (χ3n) is 4.84. The van der Waals surface area contributed by atoms with Gasteiger partial charge in [-0.1, -0.05) is 44.2 Å². The zero-order valence-corrected chi connectivity index (χ0v) is 17.5. The lowest BCUT2D eigenvalue weighted by Gasteiger charge is -2.24. The standard InChI is InChI=1S/C24H28N2O3/c1-5-25(19-10-8-7-9-11-19)22-21(23(27)26(6-2)24(22)28)18-12-14-20(15-13-18)29-16-17(3)4/h7-15,17H,5-6,16H2,1-4H3. The maximum absolute atomic E-state index is 13.1. The second kappa shape index (κ2) is 8.95. The number of hydrogen-bond acceptors (Lipinski definition) is 4. The summed E-state index contributed by atoms with van der Waals surface area (Å²) in [6.07, 6.45) is 0. The molecular formula is C24H28N2O3. The van der Waals surface area contributed by atoms with Gasteiger partial charge in [0.1, 0.15) is 11.4 Å². The van der Waals surface area contributed by atoms with Crippen molar-refractivity contribution in [3.05, 3.63) is 65.9 Å². The van der Waals surface area contributed by atoms with Gasteiger partial charge in [0, 0.05) is 18.8 Å². The molecule has 0 saturated heterocycles. The molecule has 1 aliphatic rings. The van der Waals surface area contributed by atoms with Crippen molar-refractivity contribution in [1.29, 1.82) is 0 Å². The van der Waals surface area contributed by atoms with E-state index in [1.165, 1.54) is 4.90 Å². The summed E-state index contributed by atoms with van der Waals surface area (Å²) in [6.45, 7) is 9.53. The Labute approximate surface area is 172 Å². The first kappa shape index (κ1) is 20.6. The molecule has 5 nitrogen and oxygen atoms in total. The summed E-state index contributed by atoms with van der Waals surface area (Å²) >= 11 is 0. The van der Waals surface area contributed by atoms with E-state index in [2.05, 4.69) is 13.8 Å². The maximum atomic E-state index is 13.1. The molecular weight excluding hydrogens is 364 g/mol. The number of likely N-dealkylation sites (N-methyl/N-ethyl adjacent to an activating group) is 2. The molecule has 0 radical (unpaired) electrons. The second-order valence-corrected chi connectivity index (χ2v) is 7.39. The number of carbonyl (C=O) groups is 2. The Bertz CT molecular complexity index is 901. The van der Waals surface area contributed by atoms with Crippen molar-refractivity contribution in [2.75, 3.05) is 24.6 Å². The average Bonchev–Trinajstić information content (AvgIpc) is 2.98. The number of para-hydroxylation sites is 1. The smallest absolute Gasteiger partial charge is 0.278 e. The highest BCUT2D eigenvalue weighted by atomic mass is 16.5. The largest absolute Gasteiger partial charge is 0.493 e. The zero-order chi connectivity index (χ0) is 21.0. The molecule has 1 aliphatic heterocycles. The number of carbonyl (C=O) groups excluding carboxylic acids is 2. The molecule has 3 rings (SSSR count). The van der Waals surface area contributed by atoms with Gasteiger partial charge in [-0.2, -0.15) is 0 Å². The van der Waals surface area contributed by atoms with E-state index in [0.29, 0.717) is 36.9 Å². The van der Waals surface area contributed by atoms with Gasteiger partial charge in [0.2, 0.25) is 0 Å². The van der Waals surface area contributed by atoms with Crippen molar-refractivity contribution < 1.29 is 14.3 Å². The number of imide groups is 1. The molecule has 0 unspecified atom stereocenters. The lowest BCUT2D eigenvalue weighted by molar-refractivity contribution is -0.136. The van der Waals surface area contributed by atoms with Crippen LogP contribution in [0.15, 0.2) is 60.3 Å². The van der Waals surface area contributed by atoms with E-state index in [4.69, 9.17) is 4.74 Å². The van der Waals surface area contributed by atoms with Crippen molar-refractivity contribution >= 4 is 23.1 Å². The molecule has 0 saturated carbocycles. The van der Waals surface area contributed by atoms with Crippen LogP contribution in [0.3, 0.4) is 0 Å². The SMILES string of the molecule is CCN1C(=O)C(c2ccc(OCC(C)C)cc2)=C(N(CC)c2ccccc2)C1=O. The summed E-state index contributed by atoms with van der Waals surface area (Å²) in [6, 6.07) is 17.1. The lowest BCUT2D eigenvalue weighted by Crippen LogP contribution is -2.35. The van der Waals surface area contributed by atoms with E-state index in [9.17, 15) is 9.59 Å². The minimum atomic E-state index is -0.252. The number of ether oxygens (including phenoxy) is 1. The Kier molecular flexibility index (Phi) is 6.37. The first-order chi connectivity index (χ1) is 14.0. The number of amides is 2. The first-order valence-electron chi connectivity index (χ1n) is 10.1. The molecule has 0 aromatic heterocycles. The molecule has 0 fully saturated rings. The molecule has 2 aromatic carbocycles. The summed E-state index contributed by atoms with van der Waals surface area (Å²) in [7, 11) is 0. The van der Waals surface area contributed by atoms with E-state index in [-0.39, 0.29) is 11.8 Å². The van der Waals surface area contributed by atoms with Crippen molar-refractivity contribution in [1.82, 2.24) is 4.90 Å². The second-order valence-electron chi connectivity index (χ2n) is 7.39. The predicted octanol–water partition coefficient (Wildman–Crippen LogP) is 4.35. The Hall–Kier alpha value is -3.08. The van der Waals surface area contributed by atoms with Gasteiger partial charge in [0.15, 0.2) is 0 Å². The van der Waals surface area contributed by atoms with Gasteiger partial charge in [-0.3, -0.25) is 14.5 Å². The van der Waals surface area contributed by atoms with E-state index >= 15 is 0 Å². The highest BCUT2D eigenvalue weighted by Gasteiger charge is 2.40. The minimum absolute atomic E-state index is 0.252. The summed E-state index contributed by atoms with van der Waals surface area (Å²) < 4.78 is 5.75. The van der Waals surface area contributed by atoms with Gasteiger partial charge in [-0.15, -0.1) is 0 Å². The van der Waals surface area contributed by atoms with Crippen LogP contribution >= 0.6 is 0 Å². The van der Waals surface area contributed by atoms with Crippen LogP contribution in [0, 0.1) is 5.92 Å². The van der Waals surface area contributed by atoms with Crippen molar-refractivity contribution in [2.45, 2.75) is 27.7 Å². The first-order valence-corrected chi connectivity index (χ1v) is 10.1. The maximum Gasteiger partial charge on any atom is 0.278 e. The minimum Gasteiger partial charge on any atom is -0.493 e. The van der Waals surface area contributed by atoms with Crippen LogP contribution in [-0.4, -0.2) is 36.4 Å². The highest BCUT2D eigenvalue weighted by molar-refractivity contribution is 6.36. The fourth-order valence-corrected chi connectivity index (χ4v) is 3.42. The zero-order valence-electron chi connectivity index (χ0n) is 17.5. The van der Waals surface area contributed by atoms with Gasteiger partial charge in [0.25, 0.3) is 11.8 Å². The van der Waals surface area contributed by atoms with E-state index in [1.807, 2.05) is 73.3 Å². The number of hydrogen-bond donors (Lipinski definition) is 0. The molecule has 1 heterocycles. The Morgan fingerprint density at radius 1 is 0.931 bits per heavy atom. The molecule has 0 N–H and O–H groups in total. The summed E-state index contributed by atoms with van der Waals surface area (Å²) in [4.78, 5) is 29.4. The fraction of sp³-hybridized carbons (Fsp3) is 0.333. The van der Waals surface area contributed by atoms with Crippen LogP contribution in [0.25, 0.3) is 5.57 Å². The van der Waals surface area contributed by atoms with Crippen LogP contribution in [0.2, 0.25) is 0 Å². The lowest BCUT2D eigenvalue weighted by atomic mass is 10.0. The van der Waals surface area contributed by atoms with Crippen molar-refractivity contribution in [3.8, 4) is 5.75 Å². The molecule has 152 valence electrons. The molecule has 0 atom stereocenters. The van der Waals surface area contributed by atoms with E-state index < -0.39 is 0 Å². The van der Waals surface area contributed by atoms with Crippen molar-refractivity contribution in [2.24, 2.45) is 5.92 Å². The topological polar surface area (TPSA) is 49.9 Å². The van der Waals surface area contributed by atoms with E-state index in [1.54, 1.807) is 0 Å². The molecule has 2 amide bonds. The molecule has 0 aliphatic carbocycles. The van der Waals surface area contributed by atoms with Crippen LogP contribution < -0.4 is 9.64 Å². The fourth-order valence-electron chi connectivity index (χ4n) is 3.42. The van der Waals surface area contributed by atoms with Crippen LogP contribution in [0.4, 0.5) is 5.69 Å². The quantitative estimate of drug-likeness (QED) is 0.627. The molecule has 5 heteroatoms. The Morgan fingerprint density at radius 3 is 2.14 bits per heavy atom. The Balaban J connectivity index is 2.05. The van der Waals surface area contributed by atoms with Gasteiger partial charge < -0.3 is 9.64 Å². The third-order valence-corrected chi connectivity index (χ3v) is 4.84. The Morgan fingerprint density at radius 2 is 1.59 bits per heavy atom. The number of nitrogens with zero attached hydrogens (tertiary/aromatic N) is 2. The molecule has 29 heavy (non-hydrogen) atoms. The number of benzene rings is 2. The van der Waals surface area contributed by atoms with Gasteiger partial charge in [-0.25, -0.2) is 0 Å². The van der Waals surface area contributed by atoms with Crippen LogP contribution in [-0.2, 0) is 9.59 Å². The molecule has 2 aromatic rings. The monoisotopic (exact) mass is 392 g/mol. The number of rotatable bonds is 8. The van der Waals surface area contributed by atoms with Gasteiger partial charge in [0.05, 0.1) is 12.2 Å². The normalized spacial score (nSPS) is 14.2. The summed E-state index contributed by atoms with van der Waals surface area (Å²) in [5.74, 6) is 0.681. The van der Waals surface area contributed by atoms with E-state index in [0.717, 1.165) is 17.0 Å². The van der Waals surface area contributed by atoms with Crippen molar-refractivity contribution in [3.63, 3.8) is 0 Å². The third kappa shape index (κ3) is 4.19. The summed E-state index contributed by atoms with van der Waals surface area (Å²) in [5.41, 5.74) is 2.48. The molecule has 0 spiro atoms. The summed E-state index contributed by atoms with van der Waals surface area (Å²) in [5, 5.41) is 0.